The van der Waals surface area contributed by atoms with Crippen molar-refractivity contribution in [2.75, 3.05) is 18.6 Å². The first-order valence-corrected chi connectivity index (χ1v) is 10.8. The first-order chi connectivity index (χ1) is 15.5. The van der Waals surface area contributed by atoms with E-state index >= 15 is 0 Å². The van der Waals surface area contributed by atoms with Gasteiger partial charge in [-0.2, -0.15) is 0 Å². The van der Waals surface area contributed by atoms with Crippen LogP contribution in [0.25, 0.3) is 0 Å². The van der Waals surface area contributed by atoms with Crippen LogP contribution < -0.4 is 9.64 Å². The topological polar surface area (TPSA) is 90.0 Å². The van der Waals surface area contributed by atoms with Gasteiger partial charge in [-0.05, 0) is 79.6 Å². The van der Waals surface area contributed by atoms with Crippen LogP contribution in [0.15, 0.2) is 48.5 Å². The lowest BCUT2D eigenvalue weighted by Crippen LogP contribution is -2.32. The molecule has 3 aliphatic rings. The van der Waals surface area contributed by atoms with Crippen molar-refractivity contribution in [1.29, 1.82) is 0 Å². The van der Waals surface area contributed by atoms with Crippen LogP contribution in [0.4, 0.5) is 5.69 Å². The van der Waals surface area contributed by atoms with Crippen LogP contribution in [0.3, 0.4) is 0 Å². The lowest BCUT2D eigenvalue weighted by Gasteiger charge is -2.19. The fraction of sp³-hybridized carbons (Fsp3) is 0.360. The average molecular weight is 433 g/mol. The van der Waals surface area contributed by atoms with Gasteiger partial charge in [-0.15, -0.1) is 0 Å². The van der Waals surface area contributed by atoms with Crippen LogP contribution >= 0.6 is 0 Å². The maximum Gasteiger partial charge on any atom is 0.338 e. The summed E-state index contributed by atoms with van der Waals surface area (Å²) in [5.74, 6) is -0.304. The minimum Gasteiger partial charge on any atom is -0.497 e. The lowest BCUT2D eigenvalue weighted by molar-refractivity contribution is -0.123. The average Bonchev–Trinajstić information content (AvgIpc) is 3.51. The number of methoxy groups -OCH3 is 1. The molecule has 7 nitrogen and oxygen atoms in total. The summed E-state index contributed by atoms with van der Waals surface area (Å²) in [7, 11) is 1.54. The van der Waals surface area contributed by atoms with Crippen molar-refractivity contribution in [1.82, 2.24) is 0 Å². The Balaban J connectivity index is 1.23. The number of anilines is 1. The summed E-state index contributed by atoms with van der Waals surface area (Å²) in [4.78, 5) is 51.7. The number of hydrogen-bond donors (Lipinski definition) is 0. The predicted octanol–water partition coefficient (Wildman–Crippen LogP) is 3.27. The summed E-state index contributed by atoms with van der Waals surface area (Å²) in [5.41, 5.74) is 1.13. The molecular weight excluding hydrogens is 410 g/mol. The summed E-state index contributed by atoms with van der Waals surface area (Å²) >= 11 is 0. The van der Waals surface area contributed by atoms with Gasteiger partial charge in [0, 0.05) is 5.56 Å². The Labute approximate surface area is 185 Å². The molecule has 7 heteroatoms. The van der Waals surface area contributed by atoms with Gasteiger partial charge < -0.3 is 9.47 Å². The maximum atomic E-state index is 12.9. The highest BCUT2D eigenvalue weighted by molar-refractivity contribution is 6.22. The number of benzene rings is 2. The molecule has 1 heterocycles. The van der Waals surface area contributed by atoms with E-state index in [0.29, 0.717) is 28.8 Å². The van der Waals surface area contributed by atoms with Crippen molar-refractivity contribution < 1.29 is 28.7 Å². The number of rotatable bonds is 6. The van der Waals surface area contributed by atoms with Crippen LogP contribution in [0.2, 0.25) is 0 Å². The smallest absolute Gasteiger partial charge is 0.338 e. The molecule has 2 aliphatic carbocycles. The third-order valence-corrected chi connectivity index (χ3v) is 7.04. The Kier molecular flexibility index (Phi) is 5.04. The van der Waals surface area contributed by atoms with Gasteiger partial charge in [-0.3, -0.25) is 19.3 Å². The Morgan fingerprint density at radius 1 is 0.875 bits per heavy atom. The van der Waals surface area contributed by atoms with Crippen LogP contribution in [-0.2, 0) is 14.3 Å². The fourth-order valence-corrected chi connectivity index (χ4v) is 5.48. The van der Waals surface area contributed by atoms with Gasteiger partial charge in [0.15, 0.2) is 12.4 Å². The molecule has 0 spiro atoms. The van der Waals surface area contributed by atoms with Crippen molar-refractivity contribution in [3.05, 3.63) is 59.7 Å². The molecule has 5 rings (SSSR count). The Morgan fingerprint density at radius 3 is 2.00 bits per heavy atom. The van der Waals surface area contributed by atoms with E-state index in [1.807, 2.05) is 0 Å². The highest BCUT2D eigenvalue weighted by Crippen LogP contribution is 2.56. The molecule has 0 radical (unpaired) electrons. The van der Waals surface area contributed by atoms with Gasteiger partial charge in [0.1, 0.15) is 5.75 Å². The SMILES string of the molecule is COc1ccc(C(=O)COC(=O)c2ccc(N3C(=O)[C@H]4[C@@H]5CC[C@@H](C5)[C@@H]4C3=O)cc2)cc1. The third kappa shape index (κ3) is 3.28. The van der Waals surface area contributed by atoms with Crippen molar-refractivity contribution in [3.8, 4) is 5.75 Å². The maximum absolute atomic E-state index is 12.9. The minimum atomic E-state index is -0.646. The molecule has 164 valence electrons. The molecule has 2 saturated carbocycles. The molecule has 2 aromatic carbocycles. The van der Waals surface area contributed by atoms with Gasteiger partial charge in [0.2, 0.25) is 11.8 Å². The standard InChI is InChI=1S/C25H23NO6/c1-31-19-10-6-14(7-11-19)20(27)13-32-25(30)15-4-8-18(9-5-15)26-23(28)21-16-2-3-17(12-16)22(21)24(26)29/h4-11,16-17,21-22H,2-3,12-13H2,1H3/t16-,17+,21-,22-/m0/s1. The lowest BCUT2D eigenvalue weighted by atomic mass is 9.81. The number of esters is 1. The number of carbonyl (C=O) groups excluding carboxylic acids is 4. The molecule has 32 heavy (non-hydrogen) atoms. The monoisotopic (exact) mass is 433 g/mol. The zero-order chi connectivity index (χ0) is 22.4. The number of hydrogen-bond acceptors (Lipinski definition) is 6. The van der Waals surface area contributed by atoms with E-state index in [-0.39, 0.29) is 41.6 Å². The van der Waals surface area contributed by atoms with E-state index in [9.17, 15) is 19.2 Å². The summed E-state index contributed by atoms with van der Waals surface area (Å²) in [5, 5.41) is 0. The van der Waals surface area contributed by atoms with Crippen LogP contribution in [0.1, 0.15) is 40.0 Å². The number of amides is 2. The number of carbonyl (C=O) groups is 4. The highest BCUT2D eigenvalue weighted by Gasteiger charge is 2.61. The van der Waals surface area contributed by atoms with Crippen LogP contribution in [-0.4, -0.2) is 37.3 Å². The zero-order valence-electron chi connectivity index (χ0n) is 17.7. The van der Waals surface area contributed by atoms with E-state index in [2.05, 4.69) is 0 Å². The quantitative estimate of drug-likeness (QED) is 0.395. The second kappa shape index (κ2) is 7.89. The number of Topliss-reactive ketones (excluding diaryl/α,β-unsaturated/α-hetero) is 1. The minimum absolute atomic E-state index is 0.118. The summed E-state index contributed by atoms with van der Waals surface area (Å²) in [6.45, 7) is -0.387. The van der Waals surface area contributed by atoms with E-state index in [4.69, 9.17) is 9.47 Å². The Morgan fingerprint density at radius 2 is 1.44 bits per heavy atom. The summed E-state index contributed by atoms with van der Waals surface area (Å²) in [6.07, 6.45) is 3.04. The van der Waals surface area contributed by atoms with Crippen LogP contribution in [0, 0.1) is 23.7 Å². The Bertz CT molecular complexity index is 1060. The molecule has 1 aliphatic heterocycles. The third-order valence-electron chi connectivity index (χ3n) is 7.04. The van der Waals surface area contributed by atoms with Crippen molar-refractivity contribution in [3.63, 3.8) is 0 Å². The number of imide groups is 1. The van der Waals surface area contributed by atoms with Gasteiger partial charge in [-0.1, -0.05) is 0 Å². The van der Waals surface area contributed by atoms with Gasteiger partial charge >= 0.3 is 5.97 Å². The molecule has 1 saturated heterocycles. The highest BCUT2D eigenvalue weighted by atomic mass is 16.5. The molecule has 0 N–H and O–H groups in total. The predicted molar refractivity (Wildman–Crippen MR) is 114 cm³/mol. The second-order valence-electron chi connectivity index (χ2n) is 8.67. The molecule has 2 amide bonds. The normalized spacial score (nSPS) is 25.7. The molecule has 0 unspecified atom stereocenters. The largest absolute Gasteiger partial charge is 0.497 e. The van der Waals surface area contributed by atoms with Crippen LogP contribution in [0.5, 0.6) is 5.75 Å². The fourth-order valence-electron chi connectivity index (χ4n) is 5.48. The number of fused-ring (bicyclic) bond motifs is 5. The molecule has 2 aromatic rings. The summed E-state index contributed by atoms with van der Waals surface area (Å²) < 4.78 is 10.2. The second-order valence-corrected chi connectivity index (χ2v) is 8.67. The van der Waals surface area contributed by atoms with Gasteiger partial charge in [0.05, 0.1) is 30.2 Å². The molecule has 0 aromatic heterocycles. The molecule has 2 bridgehead atoms. The van der Waals surface area contributed by atoms with Crippen molar-refractivity contribution in [2.45, 2.75) is 19.3 Å². The van der Waals surface area contributed by atoms with Gasteiger partial charge in [-0.25, -0.2) is 4.79 Å². The molecule has 3 fully saturated rings. The summed E-state index contributed by atoms with van der Waals surface area (Å²) in [6, 6.07) is 12.7. The van der Waals surface area contributed by atoms with E-state index in [0.717, 1.165) is 19.3 Å². The van der Waals surface area contributed by atoms with Crippen molar-refractivity contribution >= 4 is 29.3 Å². The van der Waals surface area contributed by atoms with Crippen molar-refractivity contribution in [2.24, 2.45) is 23.7 Å². The first-order valence-electron chi connectivity index (χ1n) is 10.8. The Hall–Kier alpha value is -3.48. The number of nitrogens with zero attached hydrogens (tertiary/aromatic N) is 1. The molecular formula is C25H23NO6. The first kappa shape index (κ1) is 20.4. The van der Waals surface area contributed by atoms with E-state index in [1.165, 1.54) is 24.1 Å². The zero-order valence-corrected chi connectivity index (χ0v) is 17.7. The number of ether oxygens (including phenoxy) is 2. The van der Waals surface area contributed by atoms with E-state index in [1.54, 1.807) is 36.4 Å². The van der Waals surface area contributed by atoms with Gasteiger partial charge in [0.25, 0.3) is 0 Å². The molecule has 4 atom stereocenters. The van der Waals surface area contributed by atoms with E-state index < -0.39 is 5.97 Å². The number of ketones is 1.